The maximum Gasteiger partial charge on any atom is 0.246 e. The summed E-state index contributed by atoms with van der Waals surface area (Å²) in [7, 11) is -3.56. The number of hydrogen-bond donors (Lipinski definition) is 0. The maximum atomic E-state index is 12.6. The normalized spacial score (nSPS) is 12.3. The quantitative estimate of drug-likeness (QED) is 0.777. The first kappa shape index (κ1) is 16.4. The summed E-state index contributed by atoms with van der Waals surface area (Å²) in [6, 6.07) is 1.50. The van der Waals surface area contributed by atoms with Crippen LogP contribution in [0.1, 0.15) is 33.6 Å². The molecule has 6 heteroatoms. The molecule has 0 aliphatic carbocycles. The first-order valence-electron chi connectivity index (χ1n) is 6.56. The summed E-state index contributed by atoms with van der Waals surface area (Å²) in [5.41, 5.74) is 0. The minimum Gasteiger partial charge on any atom is -0.263 e. The molecule has 0 aliphatic rings. The predicted octanol–water partition coefficient (Wildman–Crippen LogP) is 3.18. The largest absolute Gasteiger partial charge is 0.263 e. The van der Waals surface area contributed by atoms with Crippen molar-refractivity contribution in [1.82, 2.24) is 9.29 Å². The SMILES string of the molecule is CCC(CC)CN(CC)S(=O)(=O)c1cnccc1Cl. The molecule has 0 fully saturated rings. The third kappa shape index (κ3) is 3.91. The highest BCUT2D eigenvalue weighted by molar-refractivity contribution is 7.89. The molecule has 0 saturated heterocycles. The van der Waals surface area contributed by atoms with Gasteiger partial charge in [-0.3, -0.25) is 4.98 Å². The molecule has 0 saturated carbocycles. The third-order valence-corrected chi connectivity index (χ3v) is 5.73. The molecule has 0 amide bonds. The van der Waals surface area contributed by atoms with Crippen molar-refractivity contribution in [2.75, 3.05) is 13.1 Å². The molecule has 0 aromatic carbocycles. The Balaban J connectivity index is 3.06. The van der Waals surface area contributed by atoms with Gasteiger partial charge in [-0.2, -0.15) is 4.31 Å². The topological polar surface area (TPSA) is 50.3 Å². The Morgan fingerprint density at radius 2 is 1.95 bits per heavy atom. The molecule has 1 heterocycles. The average molecular weight is 305 g/mol. The summed E-state index contributed by atoms with van der Waals surface area (Å²) >= 11 is 5.97. The zero-order chi connectivity index (χ0) is 14.5. The van der Waals surface area contributed by atoms with E-state index >= 15 is 0 Å². The van der Waals surface area contributed by atoms with Crippen LogP contribution in [0.3, 0.4) is 0 Å². The number of sulfonamides is 1. The van der Waals surface area contributed by atoms with E-state index in [0.29, 0.717) is 19.0 Å². The van der Waals surface area contributed by atoms with Crippen LogP contribution in [0.25, 0.3) is 0 Å². The van der Waals surface area contributed by atoms with E-state index in [4.69, 9.17) is 11.6 Å². The second kappa shape index (κ2) is 7.22. The smallest absolute Gasteiger partial charge is 0.246 e. The molecule has 0 radical (unpaired) electrons. The zero-order valence-electron chi connectivity index (χ0n) is 11.6. The van der Waals surface area contributed by atoms with Gasteiger partial charge in [0.05, 0.1) is 5.02 Å². The van der Waals surface area contributed by atoms with Crippen molar-refractivity contribution in [2.45, 2.75) is 38.5 Å². The highest BCUT2D eigenvalue weighted by atomic mass is 35.5. The van der Waals surface area contributed by atoms with Gasteiger partial charge in [0.2, 0.25) is 10.0 Å². The van der Waals surface area contributed by atoms with Crippen LogP contribution in [0, 0.1) is 5.92 Å². The molecule has 0 bridgehead atoms. The highest BCUT2D eigenvalue weighted by Crippen LogP contribution is 2.24. The van der Waals surface area contributed by atoms with E-state index in [0.717, 1.165) is 12.8 Å². The van der Waals surface area contributed by atoms with Crippen molar-refractivity contribution in [3.63, 3.8) is 0 Å². The number of nitrogens with zero attached hydrogens (tertiary/aromatic N) is 2. The summed E-state index contributed by atoms with van der Waals surface area (Å²) in [6.45, 7) is 6.95. The summed E-state index contributed by atoms with van der Waals surface area (Å²) in [5.74, 6) is 0.366. The van der Waals surface area contributed by atoms with Gasteiger partial charge in [-0.1, -0.05) is 45.2 Å². The van der Waals surface area contributed by atoms with Gasteiger partial charge in [-0.25, -0.2) is 8.42 Å². The Morgan fingerprint density at radius 1 is 1.32 bits per heavy atom. The van der Waals surface area contributed by atoms with Crippen LogP contribution in [0.15, 0.2) is 23.4 Å². The molecular formula is C13H21ClN2O2S. The Labute approximate surface area is 120 Å². The molecule has 1 aromatic heterocycles. The van der Waals surface area contributed by atoms with Crippen LogP contribution in [0.4, 0.5) is 0 Å². The number of halogens is 1. The van der Waals surface area contributed by atoms with Crippen molar-refractivity contribution < 1.29 is 8.42 Å². The van der Waals surface area contributed by atoms with E-state index in [-0.39, 0.29) is 9.92 Å². The van der Waals surface area contributed by atoms with Gasteiger partial charge in [0.15, 0.2) is 0 Å². The Bertz CT molecular complexity index is 501. The van der Waals surface area contributed by atoms with E-state index in [1.807, 2.05) is 6.92 Å². The van der Waals surface area contributed by atoms with E-state index in [1.54, 1.807) is 0 Å². The van der Waals surface area contributed by atoms with Crippen LogP contribution < -0.4 is 0 Å². The van der Waals surface area contributed by atoms with Crippen LogP contribution in [-0.2, 0) is 10.0 Å². The standard InChI is InChI=1S/C13H21ClN2O2S/c1-4-11(5-2)10-16(6-3)19(17,18)13-9-15-8-7-12(13)14/h7-9,11H,4-6,10H2,1-3H3. The molecule has 0 N–H and O–H groups in total. The van der Waals surface area contributed by atoms with Gasteiger partial charge < -0.3 is 0 Å². The highest BCUT2D eigenvalue weighted by Gasteiger charge is 2.27. The van der Waals surface area contributed by atoms with Crippen molar-refractivity contribution in [2.24, 2.45) is 5.92 Å². The van der Waals surface area contributed by atoms with Gasteiger partial charge in [0.1, 0.15) is 4.90 Å². The fraction of sp³-hybridized carbons (Fsp3) is 0.615. The lowest BCUT2D eigenvalue weighted by Gasteiger charge is -2.25. The Morgan fingerprint density at radius 3 is 2.42 bits per heavy atom. The fourth-order valence-electron chi connectivity index (χ4n) is 1.92. The Kier molecular flexibility index (Phi) is 6.23. The molecule has 0 unspecified atom stereocenters. The van der Waals surface area contributed by atoms with Crippen molar-refractivity contribution >= 4 is 21.6 Å². The molecule has 4 nitrogen and oxygen atoms in total. The van der Waals surface area contributed by atoms with Gasteiger partial charge >= 0.3 is 0 Å². The first-order valence-corrected chi connectivity index (χ1v) is 8.38. The van der Waals surface area contributed by atoms with Gasteiger partial charge in [0.25, 0.3) is 0 Å². The van der Waals surface area contributed by atoms with Crippen molar-refractivity contribution in [3.8, 4) is 0 Å². The minimum atomic E-state index is -3.56. The van der Waals surface area contributed by atoms with E-state index in [9.17, 15) is 8.42 Å². The van der Waals surface area contributed by atoms with Crippen molar-refractivity contribution in [1.29, 1.82) is 0 Å². The lowest BCUT2D eigenvalue weighted by molar-refractivity contribution is 0.339. The number of hydrogen-bond acceptors (Lipinski definition) is 3. The molecule has 0 atom stereocenters. The maximum absolute atomic E-state index is 12.6. The lowest BCUT2D eigenvalue weighted by atomic mass is 10.0. The average Bonchev–Trinajstić information content (AvgIpc) is 2.40. The van der Waals surface area contributed by atoms with E-state index in [2.05, 4.69) is 18.8 Å². The van der Waals surface area contributed by atoms with E-state index < -0.39 is 10.0 Å². The third-order valence-electron chi connectivity index (χ3n) is 3.32. The number of rotatable bonds is 7. The molecule has 108 valence electrons. The molecule has 1 aromatic rings. The number of pyridine rings is 1. The fourth-order valence-corrected chi connectivity index (χ4v) is 3.86. The molecule has 19 heavy (non-hydrogen) atoms. The van der Waals surface area contributed by atoms with Gasteiger partial charge in [0, 0.05) is 25.5 Å². The Hall–Kier alpha value is -0.650. The molecule has 0 aliphatic heterocycles. The second-order valence-corrected chi connectivity index (χ2v) is 6.76. The first-order chi connectivity index (χ1) is 8.97. The molecule has 0 spiro atoms. The lowest BCUT2D eigenvalue weighted by Crippen LogP contribution is -2.35. The summed E-state index contributed by atoms with van der Waals surface area (Å²) < 4.78 is 26.6. The summed E-state index contributed by atoms with van der Waals surface area (Å²) in [4.78, 5) is 3.95. The van der Waals surface area contributed by atoms with Crippen LogP contribution in [0.5, 0.6) is 0 Å². The number of aromatic nitrogens is 1. The van der Waals surface area contributed by atoms with Crippen LogP contribution in [-0.4, -0.2) is 30.8 Å². The van der Waals surface area contributed by atoms with Crippen LogP contribution in [0.2, 0.25) is 5.02 Å². The molecular weight excluding hydrogens is 284 g/mol. The van der Waals surface area contributed by atoms with Gasteiger partial charge in [-0.05, 0) is 12.0 Å². The van der Waals surface area contributed by atoms with Crippen molar-refractivity contribution in [3.05, 3.63) is 23.5 Å². The molecule has 1 rings (SSSR count). The van der Waals surface area contributed by atoms with Gasteiger partial charge in [-0.15, -0.1) is 0 Å². The summed E-state index contributed by atoms with van der Waals surface area (Å²) in [6.07, 6.45) is 4.72. The zero-order valence-corrected chi connectivity index (χ0v) is 13.2. The minimum absolute atomic E-state index is 0.0875. The second-order valence-electron chi connectivity index (χ2n) is 4.44. The summed E-state index contributed by atoms with van der Waals surface area (Å²) in [5, 5.41) is 0.220. The monoisotopic (exact) mass is 304 g/mol. The van der Waals surface area contributed by atoms with E-state index in [1.165, 1.54) is 22.8 Å². The van der Waals surface area contributed by atoms with Crippen LogP contribution >= 0.6 is 11.6 Å². The predicted molar refractivity (Wildman–Crippen MR) is 77.8 cm³/mol.